The number of aromatic nitrogens is 3. The molecule has 0 bridgehead atoms. The molecular formula is C15H17N3OS. The lowest BCUT2D eigenvalue weighted by Gasteiger charge is -2.09. The molecule has 0 atom stereocenters. The number of hydrogen-bond acceptors (Lipinski definition) is 4. The Balaban J connectivity index is 1.68. The molecule has 0 saturated heterocycles. The van der Waals surface area contributed by atoms with Gasteiger partial charge in [-0.3, -0.25) is 0 Å². The van der Waals surface area contributed by atoms with Gasteiger partial charge in [-0.1, -0.05) is 18.2 Å². The molecule has 1 heterocycles. The highest BCUT2D eigenvalue weighted by molar-refractivity contribution is 7.99. The van der Waals surface area contributed by atoms with E-state index in [-0.39, 0.29) is 6.61 Å². The quantitative estimate of drug-likeness (QED) is 0.918. The Kier molecular flexibility index (Phi) is 3.04. The summed E-state index contributed by atoms with van der Waals surface area (Å²) in [5.74, 6) is 1.81. The first-order valence-corrected chi connectivity index (χ1v) is 8.00. The standard InChI is InChI=1S/C15H17N3OS/c19-9-11-3-1-2-4-13(11)20-15-17-16-14(10-5-6-10)18(15)12-7-8-12/h1-4,10,12,19H,5-9H2. The molecule has 2 aromatic rings. The van der Waals surface area contributed by atoms with Gasteiger partial charge in [-0.25, -0.2) is 0 Å². The predicted octanol–water partition coefficient (Wildman–Crippen LogP) is 3.13. The van der Waals surface area contributed by atoms with Crippen molar-refractivity contribution in [2.24, 2.45) is 0 Å². The molecule has 0 unspecified atom stereocenters. The van der Waals surface area contributed by atoms with Crippen LogP contribution < -0.4 is 0 Å². The molecule has 5 heteroatoms. The van der Waals surface area contributed by atoms with Gasteiger partial charge < -0.3 is 9.67 Å². The number of aliphatic hydroxyl groups excluding tert-OH is 1. The molecule has 2 saturated carbocycles. The molecule has 0 radical (unpaired) electrons. The van der Waals surface area contributed by atoms with Gasteiger partial charge in [0.15, 0.2) is 5.16 Å². The number of nitrogens with zero attached hydrogens (tertiary/aromatic N) is 3. The van der Waals surface area contributed by atoms with Crippen molar-refractivity contribution in [2.45, 2.75) is 54.3 Å². The van der Waals surface area contributed by atoms with Gasteiger partial charge in [0.2, 0.25) is 0 Å². The molecule has 4 rings (SSSR count). The molecule has 1 aromatic heterocycles. The maximum atomic E-state index is 9.43. The first-order chi connectivity index (χ1) is 9.86. The molecule has 0 aliphatic heterocycles. The fourth-order valence-corrected chi connectivity index (χ4v) is 3.52. The zero-order valence-corrected chi connectivity index (χ0v) is 12.0. The number of benzene rings is 1. The maximum Gasteiger partial charge on any atom is 0.196 e. The van der Waals surface area contributed by atoms with Gasteiger partial charge in [0, 0.05) is 16.9 Å². The molecule has 2 aliphatic carbocycles. The summed E-state index contributed by atoms with van der Waals surface area (Å²) in [5, 5.41) is 19.2. The van der Waals surface area contributed by atoms with Crippen LogP contribution in [-0.2, 0) is 6.61 Å². The fourth-order valence-electron chi connectivity index (χ4n) is 2.49. The Hall–Kier alpha value is -1.33. The van der Waals surface area contributed by atoms with Crippen LogP contribution in [0.1, 0.15) is 49.0 Å². The van der Waals surface area contributed by atoms with Crippen molar-refractivity contribution < 1.29 is 5.11 Å². The topological polar surface area (TPSA) is 50.9 Å². The normalized spacial score (nSPS) is 18.4. The summed E-state index contributed by atoms with van der Waals surface area (Å²) in [5.41, 5.74) is 0.954. The maximum absolute atomic E-state index is 9.43. The van der Waals surface area contributed by atoms with Gasteiger partial charge in [-0.15, -0.1) is 10.2 Å². The van der Waals surface area contributed by atoms with E-state index >= 15 is 0 Å². The zero-order chi connectivity index (χ0) is 13.5. The lowest BCUT2D eigenvalue weighted by Crippen LogP contribution is -2.02. The van der Waals surface area contributed by atoms with E-state index in [1.807, 2.05) is 24.3 Å². The summed E-state index contributed by atoms with van der Waals surface area (Å²) in [4.78, 5) is 1.08. The first-order valence-electron chi connectivity index (χ1n) is 7.18. The second kappa shape index (κ2) is 4.90. The lowest BCUT2D eigenvalue weighted by atomic mass is 10.2. The minimum absolute atomic E-state index is 0.0657. The van der Waals surface area contributed by atoms with Crippen LogP contribution in [0.3, 0.4) is 0 Å². The average molecular weight is 287 g/mol. The summed E-state index contributed by atoms with van der Waals surface area (Å²) in [7, 11) is 0. The highest BCUT2D eigenvalue weighted by atomic mass is 32.2. The van der Waals surface area contributed by atoms with E-state index in [4.69, 9.17) is 0 Å². The molecular weight excluding hydrogens is 270 g/mol. The summed E-state index contributed by atoms with van der Waals surface area (Å²) < 4.78 is 2.34. The largest absolute Gasteiger partial charge is 0.392 e. The van der Waals surface area contributed by atoms with Gasteiger partial charge in [0.05, 0.1) is 6.61 Å². The molecule has 104 valence electrons. The first kappa shape index (κ1) is 12.4. The van der Waals surface area contributed by atoms with Crippen LogP contribution >= 0.6 is 11.8 Å². The molecule has 2 aliphatic rings. The van der Waals surface area contributed by atoms with E-state index < -0.39 is 0 Å². The van der Waals surface area contributed by atoms with Crippen molar-refractivity contribution in [1.29, 1.82) is 0 Å². The van der Waals surface area contributed by atoms with Crippen LogP contribution in [0.4, 0.5) is 0 Å². The van der Waals surface area contributed by atoms with Gasteiger partial charge in [0.25, 0.3) is 0 Å². The van der Waals surface area contributed by atoms with Crippen LogP contribution in [0, 0.1) is 0 Å². The van der Waals surface area contributed by atoms with Crippen LogP contribution in [0.2, 0.25) is 0 Å². The highest BCUT2D eigenvalue weighted by Crippen LogP contribution is 2.46. The van der Waals surface area contributed by atoms with E-state index in [9.17, 15) is 5.11 Å². The molecule has 4 nitrogen and oxygen atoms in total. The summed E-state index contributed by atoms with van der Waals surface area (Å²) in [6.45, 7) is 0.0657. The third-order valence-electron chi connectivity index (χ3n) is 3.89. The Bertz CT molecular complexity index is 632. The van der Waals surface area contributed by atoms with E-state index in [0.29, 0.717) is 12.0 Å². The van der Waals surface area contributed by atoms with Crippen LogP contribution in [0.5, 0.6) is 0 Å². The number of rotatable bonds is 5. The van der Waals surface area contributed by atoms with E-state index in [1.165, 1.54) is 31.5 Å². The average Bonchev–Trinajstić information content (AvgIpc) is 3.39. The van der Waals surface area contributed by atoms with Gasteiger partial charge in [-0.2, -0.15) is 0 Å². The van der Waals surface area contributed by atoms with Gasteiger partial charge in [-0.05, 0) is 49.1 Å². The van der Waals surface area contributed by atoms with Crippen molar-refractivity contribution in [3.63, 3.8) is 0 Å². The monoisotopic (exact) mass is 287 g/mol. The van der Waals surface area contributed by atoms with Crippen LogP contribution in [-0.4, -0.2) is 19.9 Å². The Morgan fingerprint density at radius 3 is 2.65 bits per heavy atom. The molecule has 1 N–H and O–H groups in total. The Morgan fingerprint density at radius 1 is 1.15 bits per heavy atom. The molecule has 0 spiro atoms. The Labute approximate surface area is 122 Å². The van der Waals surface area contributed by atoms with Crippen molar-refractivity contribution in [1.82, 2.24) is 14.8 Å². The van der Waals surface area contributed by atoms with E-state index in [1.54, 1.807) is 11.8 Å². The van der Waals surface area contributed by atoms with E-state index in [0.717, 1.165) is 15.6 Å². The smallest absolute Gasteiger partial charge is 0.196 e. The second-order valence-corrected chi connectivity index (χ2v) is 6.59. The number of hydrogen-bond donors (Lipinski definition) is 1. The minimum Gasteiger partial charge on any atom is -0.392 e. The lowest BCUT2D eigenvalue weighted by molar-refractivity contribution is 0.279. The molecule has 2 fully saturated rings. The summed E-state index contributed by atoms with van der Waals surface area (Å²) >= 11 is 1.63. The SMILES string of the molecule is OCc1ccccc1Sc1nnc(C2CC2)n1C1CC1. The summed E-state index contributed by atoms with van der Waals surface area (Å²) in [6.07, 6.45) is 4.99. The molecule has 20 heavy (non-hydrogen) atoms. The van der Waals surface area contributed by atoms with Gasteiger partial charge >= 0.3 is 0 Å². The van der Waals surface area contributed by atoms with E-state index in [2.05, 4.69) is 14.8 Å². The zero-order valence-electron chi connectivity index (χ0n) is 11.2. The highest BCUT2D eigenvalue weighted by Gasteiger charge is 2.36. The van der Waals surface area contributed by atoms with Crippen LogP contribution in [0.25, 0.3) is 0 Å². The van der Waals surface area contributed by atoms with Crippen LogP contribution in [0.15, 0.2) is 34.3 Å². The number of aliphatic hydroxyl groups is 1. The van der Waals surface area contributed by atoms with Crippen molar-refractivity contribution in [3.8, 4) is 0 Å². The summed E-state index contributed by atoms with van der Waals surface area (Å²) in [6, 6.07) is 8.56. The molecule has 0 amide bonds. The molecule has 1 aromatic carbocycles. The third-order valence-corrected chi connectivity index (χ3v) is 4.97. The van der Waals surface area contributed by atoms with Crippen molar-refractivity contribution >= 4 is 11.8 Å². The Morgan fingerprint density at radius 2 is 1.95 bits per heavy atom. The minimum atomic E-state index is 0.0657. The van der Waals surface area contributed by atoms with Crippen molar-refractivity contribution in [3.05, 3.63) is 35.7 Å². The predicted molar refractivity (Wildman–Crippen MR) is 76.8 cm³/mol. The van der Waals surface area contributed by atoms with Gasteiger partial charge in [0.1, 0.15) is 5.82 Å². The fraction of sp³-hybridized carbons (Fsp3) is 0.467. The second-order valence-electron chi connectivity index (χ2n) is 5.58. The van der Waals surface area contributed by atoms with Crippen molar-refractivity contribution in [2.75, 3.05) is 0 Å². The third kappa shape index (κ3) is 2.25.